The highest BCUT2D eigenvalue weighted by molar-refractivity contribution is 5.87. The van der Waals surface area contributed by atoms with Crippen LogP contribution in [0.2, 0.25) is 0 Å². The number of hydrogen-bond donors (Lipinski definition) is 2. The smallest absolute Gasteiger partial charge is 0.335 e. The van der Waals surface area contributed by atoms with Crippen molar-refractivity contribution in [2.45, 2.75) is 83.5 Å². The average Bonchev–Trinajstić information content (AvgIpc) is 2.59. The van der Waals surface area contributed by atoms with E-state index in [9.17, 15) is 4.79 Å². The van der Waals surface area contributed by atoms with Crippen LogP contribution in [0.25, 0.3) is 0 Å². The number of carboxylic acids is 1. The van der Waals surface area contributed by atoms with E-state index in [2.05, 4.69) is 0 Å². The number of carboxylic acid groups (broad SMARTS) is 1. The zero-order valence-corrected chi connectivity index (χ0v) is 15.0. The van der Waals surface area contributed by atoms with E-state index < -0.39 is 5.97 Å². The molecular weight excluding hydrogens is 300 g/mol. The predicted molar refractivity (Wildman–Crippen MR) is 99.6 cm³/mol. The van der Waals surface area contributed by atoms with Crippen LogP contribution >= 0.6 is 0 Å². The molecule has 0 amide bonds. The lowest BCUT2D eigenvalue weighted by atomic mass is 10.0. The van der Waals surface area contributed by atoms with Gasteiger partial charge in [-0.1, -0.05) is 76.3 Å². The second-order valence-corrected chi connectivity index (χ2v) is 6.72. The Bertz CT molecular complexity index is 425. The number of rotatable bonds is 15. The van der Waals surface area contributed by atoms with Gasteiger partial charge in [0, 0.05) is 6.61 Å². The molecule has 3 nitrogen and oxygen atoms in total. The Kier molecular flexibility index (Phi) is 12.1. The third kappa shape index (κ3) is 10.4. The van der Waals surface area contributed by atoms with Crippen molar-refractivity contribution in [1.29, 1.82) is 0 Å². The molecule has 0 fully saturated rings. The van der Waals surface area contributed by atoms with Gasteiger partial charge in [-0.3, -0.25) is 0 Å². The Morgan fingerprint density at radius 2 is 1.08 bits per heavy atom. The van der Waals surface area contributed by atoms with Crippen LogP contribution in [0.5, 0.6) is 0 Å². The average molecular weight is 334 g/mol. The normalized spacial score (nSPS) is 10.9. The molecule has 24 heavy (non-hydrogen) atoms. The summed E-state index contributed by atoms with van der Waals surface area (Å²) < 4.78 is 0. The van der Waals surface area contributed by atoms with Gasteiger partial charge in [-0.15, -0.1) is 0 Å². The van der Waals surface area contributed by atoms with Gasteiger partial charge >= 0.3 is 5.97 Å². The molecule has 3 heteroatoms. The van der Waals surface area contributed by atoms with Crippen molar-refractivity contribution in [3.8, 4) is 0 Å². The Labute approximate surface area is 147 Å². The number of unbranched alkanes of at least 4 members (excludes halogenated alkanes) is 11. The Balaban J connectivity index is 1.87. The molecular formula is C21H34O3. The molecule has 0 unspecified atom stereocenters. The van der Waals surface area contributed by atoms with Crippen molar-refractivity contribution in [3.05, 3.63) is 35.4 Å². The topological polar surface area (TPSA) is 57.5 Å². The third-order valence-electron chi connectivity index (χ3n) is 4.57. The SMILES string of the molecule is O=C(O)c1ccc(CCCCCCCCCCCCCCO)cc1. The summed E-state index contributed by atoms with van der Waals surface area (Å²) in [5, 5.41) is 17.6. The number of aliphatic hydroxyl groups excluding tert-OH is 1. The number of benzene rings is 1. The van der Waals surface area contributed by atoms with Crippen molar-refractivity contribution >= 4 is 5.97 Å². The van der Waals surface area contributed by atoms with E-state index in [-0.39, 0.29) is 0 Å². The van der Waals surface area contributed by atoms with Gasteiger partial charge in [0.15, 0.2) is 0 Å². The zero-order valence-electron chi connectivity index (χ0n) is 15.0. The Morgan fingerprint density at radius 1 is 0.667 bits per heavy atom. The standard InChI is InChI=1S/C21H34O3/c22-18-12-10-8-6-4-2-1-3-5-7-9-11-13-19-14-16-20(17-15-19)21(23)24/h14-17,22H,1-13,18H2,(H,23,24). The molecule has 136 valence electrons. The summed E-state index contributed by atoms with van der Waals surface area (Å²) in [4.78, 5) is 10.8. The van der Waals surface area contributed by atoms with Crippen molar-refractivity contribution in [1.82, 2.24) is 0 Å². The molecule has 0 spiro atoms. The summed E-state index contributed by atoms with van der Waals surface area (Å²) in [5.41, 5.74) is 1.60. The lowest BCUT2D eigenvalue weighted by molar-refractivity contribution is 0.0697. The van der Waals surface area contributed by atoms with E-state index >= 15 is 0 Å². The maximum absolute atomic E-state index is 10.8. The summed E-state index contributed by atoms with van der Waals surface area (Å²) in [6.45, 7) is 0.341. The quantitative estimate of drug-likeness (QED) is 0.410. The monoisotopic (exact) mass is 334 g/mol. The molecule has 0 aliphatic heterocycles. The Morgan fingerprint density at radius 3 is 1.50 bits per heavy atom. The van der Waals surface area contributed by atoms with Crippen LogP contribution in [-0.2, 0) is 6.42 Å². The van der Waals surface area contributed by atoms with Gasteiger partial charge in [-0.05, 0) is 37.0 Å². The minimum Gasteiger partial charge on any atom is -0.478 e. The van der Waals surface area contributed by atoms with Crippen LogP contribution in [0.4, 0.5) is 0 Å². The van der Waals surface area contributed by atoms with Gasteiger partial charge in [0.25, 0.3) is 0 Å². The van der Waals surface area contributed by atoms with Crippen LogP contribution in [0.3, 0.4) is 0 Å². The van der Waals surface area contributed by atoms with Crippen LogP contribution in [-0.4, -0.2) is 22.8 Å². The number of carbonyl (C=O) groups is 1. The molecule has 0 saturated heterocycles. The first kappa shape index (κ1) is 20.7. The predicted octanol–water partition coefficient (Wildman–Crippen LogP) is 5.60. The van der Waals surface area contributed by atoms with Gasteiger partial charge in [-0.2, -0.15) is 0 Å². The lowest BCUT2D eigenvalue weighted by Crippen LogP contribution is -1.96. The van der Waals surface area contributed by atoms with Gasteiger partial charge in [0.2, 0.25) is 0 Å². The molecule has 0 radical (unpaired) electrons. The first-order valence-electron chi connectivity index (χ1n) is 9.67. The number of hydrogen-bond acceptors (Lipinski definition) is 2. The summed E-state index contributed by atoms with van der Waals surface area (Å²) >= 11 is 0. The molecule has 0 heterocycles. The molecule has 0 aliphatic rings. The number of aryl methyl sites for hydroxylation is 1. The van der Waals surface area contributed by atoms with E-state index in [0.717, 1.165) is 12.8 Å². The van der Waals surface area contributed by atoms with Crippen LogP contribution in [0, 0.1) is 0 Å². The number of aromatic carboxylic acids is 1. The van der Waals surface area contributed by atoms with Crippen LogP contribution < -0.4 is 0 Å². The van der Waals surface area contributed by atoms with Crippen molar-refractivity contribution in [2.24, 2.45) is 0 Å². The highest BCUT2D eigenvalue weighted by atomic mass is 16.4. The summed E-state index contributed by atoms with van der Waals surface area (Å²) in [6, 6.07) is 7.26. The summed E-state index contributed by atoms with van der Waals surface area (Å²) in [6.07, 6.45) is 16.3. The first-order valence-corrected chi connectivity index (χ1v) is 9.67. The fourth-order valence-corrected chi connectivity index (χ4v) is 3.02. The van der Waals surface area contributed by atoms with Gasteiger partial charge in [-0.25, -0.2) is 4.79 Å². The Hall–Kier alpha value is -1.35. The fourth-order valence-electron chi connectivity index (χ4n) is 3.02. The highest BCUT2D eigenvalue weighted by Gasteiger charge is 2.01. The largest absolute Gasteiger partial charge is 0.478 e. The molecule has 0 atom stereocenters. The minimum atomic E-state index is -0.855. The maximum Gasteiger partial charge on any atom is 0.335 e. The van der Waals surface area contributed by atoms with E-state index in [1.165, 1.54) is 76.2 Å². The first-order chi connectivity index (χ1) is 11.7. The lowest BCUT2D eigenvalue weighted by Gasteiger charge is -2.04. The molecule has 1 aromatic rings. The molecule has 1 rings (SSSR count). The van der Waals surface area contributed by atoms with E-state index in [1.807, 2.05) is 12.1 Å². The highest BCUT2D eigenvalue weighted by Crippen LogP contribution is 2.13. The van der Waals surface area contributed by atoms with Crippen molar-refractivity contribution < 1.29 is 15.0 Å². The van der Waals surface area contributed by atoms with Crippen LogP contribution in [0.1, 0.15) is 93.0 Å². The van der Waals surface area contributed by atoms with Crippen molar-refractivity contribution in [2.75, 3.05) is 6.61 Å². The van der Waals surface area contributed by atoms with E-state index in [4.69, 9.17) is 10.2 Å². The molecule has 0 bridgehead atoms. The third-order valence-corrected chi connectivity index (χ3v) is 4.57. The number of aliphatic hydroxyl groups is 1. The minimum absolute atomic E-state index is 0.341. The second-order valence-electron chi connectivity index (χ2n) is 6.72. The van der Waals surface area contributed by atoms with Crippen molar-refractivity contribution in [3.63, 3.8) is 0 Å². The molecule has 2 N–H and O–H groups in total. The van der Waals surface area contributed by atoms with Crippen LogP contribution in [0.15, 0.2) is 24.3 Å². The molecule has 0 aromatic heterocycles. The van der Waals surface area contributed by atoms with Gasteiger partial charge in [0.1, 0.15) is 0 Å². The zero-order chi connectivity index (χ0) is 17.5. The molecule has 0 saturated carbocycles. The van der Waals surface area contributed by atoms with Gasteiger partial charge in [0.05, 0.1) is 5.56 Å². The second kappa shape index (κ2) is 14.0. The fraction of sp³-hybridized carbons (Fsp3) is 0.667. The maximum atomic E-state index is 10.8. The molecule has 1 aromatic carbocycles. The molecule has 0 aliphatic carbocycles. The summed E-state index contributed by atoms with van der Waals surface area (Å²) in [7, 11) is 0. The van der Waals surface area contributed by atoms with E-state index in [1.54, 1.807) is 12.1 Å². The van der Waals surface area contributed by atoms with E-state index in [0.29, 0.717) is 12.2 Å². The summed E-state index contributed by atoms with van der Waals surface area (Å²) in [5.74, 6) is -0.855. The van der Waals surface area contributed by atoms with Gasteiger partial charge < -0.3 is 10.2 Å².